The Morgan fingerprint density at radius 3 is 1.59 bits per heavy atom. The Balaban J connectivity index is 1.04. The predicted octanol–water partition coefficient (Wildman–Crippen LogP) is 14.6. The molecule has 12 rings (SSSR count). The molecule has 0 atom stereocenters. The van der Waals surface area contributed by atoms with Crippen LogP contribution in [0.4, 0.5) is 0 Å². The zero-order chi connectivity index (χ0) is 38.2. The van der Waals surface area contributed by atoms with E-state index in [4.69, 9.17) is 15.0 Å². The number of rotatable bonds is 4. The molecule has 0 saturated heterocycles. The lowest BCUT2D eigenvalue weighted by Crippen LogP contribution is -1.94. The minimum Gasteiger partial charge on any atom is -0.253 e. The van der Waals surface area contributed by atoms with Gasteiger partial charge >= 0.3 is 0 Å². The van der Waals surface area contributed by atoms with Crippen molar-refractivity contribution in [1.29, 1.82) is 0 Å². The number of nitrogens with zero attached hydrogens (tertiary/aromatic N) is 3. The van der Waals surface area contributed by atoms with Gasteiger partial charge in [-0.15, -0.1) is 0 Å². The van der Waals surface area contributed by atoms with Gasteiger partial charge < -0.3 is 0 Å². The van der Waals surface area contributed by atoms with Crippen LogP contribution < -0.4 is 0 Å². The molecule has 3 aromatic heterocycles. The smallest absolute Gasteiger partial charge is 0.0972 e. The fraction of sp³-hybridized carbons (Fsp3) is 0. The van der Waals surface area contributed by atoms with E-state index in [9.17, 15) is 0 Å². The molecule has 0 amide bonds. The van der Waals surface area contributed by atoms with Crippen LogP contribution in [0.5, 0.6) is 0 Å². The van der Waals surface area contributed by atoms with E-state index < -0.39 is 0 Å². The Hall–Kier alpha value is -7.75. The normalized spacial score (nSPS) is 11.8. The lowest BCUT2D eigenvalue weighted by Gasteiger charge is -2.18. The summed E-state index contributed by atoms with van der Waals surface area (Å²) in [7, 11) is 0. The third kappa shape index (κ3) is 5.04. The van der Waals surface area contributed by atoms with Crippen LogP contribution >= 0.6 is 0 Å². The van der Waals surface area contributed by atoms with Crippen molar-refractivity contribution in [2.45, 2.75) is 0 Å². The van der Waals surface area contributed by atoms with Crippen molar-refractivity contribution in [1.82, 2.24) is 15.0 Å². The summed E-state index contributed by atoms with van der Waals surface area (Å²) in [4.78, 5) is 15.8. The molecule has 12 aromatic rings. The Kier molecular flexibility index (Phi) is 7.23. The van der Waals surface area contributed by atoms with Crippen LogP contribution in [0.25, 0.3) is 121 Å². The lowest BCUT2D eigenvalue weighted by atomic mass is 9.86. The van der Waals surface area contributed by atoms with Crippen molar-refractivity contribution >= 4 is 75.8 Å². The lowest BCUT2D eigenvalue weighted by molar-refractivity contribution is 1.37. The molecule has 0 aliphatic heterocycles. The molecule has 0 saturated carbocycles. The van der Waals surface area contributed by atoms with Crippen LogP contribution in [0.3, 0.4) is 0 Å². The van der Waals surface area contributed by atoms with Gasteiger partial charge in [0.1, 0.15) is 0 Å². The largest absolute Gasteiger partial charge is 0.253 e. The Bertz CT molecular complexity index is 3550. The molecule has 3 heteroatoms. The summed E-state index contributed by atoms with van der Waals surface area (Å²) < 4.78 is 0. The van der Waals surface area contributed by atoms with Gasteiger partial charge in [0, 0.05) is 44.3 Å². The first kappa shape index (κ1) is 32.5. The summed E-state index contributed by atoms with van der Waals surface area (Å²) >= 11 is 0. The second kappa shape index (κ2) is 12.9. The average Bonchev–Trinajstić information content (AvgIpc) is 3.30. The minimum atomic E-state index is 0.892. The van der Waals surface area contributed by atoms with Crippen LogP contribution in [-0.2, 0) is 0 Å². The molecular formula is C55H33N3. The van der Waals surface area contributed by atoms with E-state index in [0.717, 1.165) is 66.0 Å². The van der Waals surface area contributed by atoms with E-state index in [2.05, 4.69) is 194 Å². The molecule has 0 bridgehead atoms. The highest BCUT2D eigenvalue weighted by Crippen LogP contribution is 2.44. The molecule has 0 spiro atoms. The van der Waals surface area contributed by atoms with Gasteiger partial charge in [0.25, 0.3) is 0 Å². The summed E-state index contributed by atoms with van der Waals surface area (Å²) in [5.74, 6) is 0. The molecule has 3 heterocycles. The first-order valence-electron chi connectivity index (χ1n) is 19.8. The molecule has 9 aromatic carbocycles. The minimum absolute atomic E-state index is 0.892. The van der Waals surface area contributed by atoms with Crippen LogP contribution in [0.15, 0.2) is 200 Å². The molecule has 0 aliphatic rings. The third-order valence-corrected chi connectivity index (χ3v) is 11.8. The van der Waals surface area contributed by atoms with E-state index in [1.807, 2.05) is 6.20 Å². The molecule has 268 valence electrons. The third-order valence-electron chi connectivity index (χ3n) is 11.8. The highest BCUT2D eigenvalue weighted by atomic mass is 14.8. The van der Waals surface area contributed by atoms with Gasteiger partial charge in [-0.3, -0.25) is 4.98 Å². The first-order chi connectivity index (χ1) is 28.8. The summed E-state index contributed by atoms with van der Waals surface area (Å²) in [6.45, 7) is 0. The fourth-order valence-corrected chi connectivity index (χ4v) is 9.16. The monoisotopic (exact) mass is 735 g/mol. The zero-order valence-corrected chi connectivity index (χ0v) is 31.4. The number of pyridine rings is 3. The van der Waals surface area contributed by atoms with E-state index >= 15 is 0 Å². The number of fused-ring (bicyclic) bond motifs is 10. The topological polar surface area (TPSA) is 38.7 Å². The van der Waals surface area contributed by atoms with Crippen molar-refractivity contribution in [3.05, 3.63) is 200 Å². The Morgan fingerprint density at radius 2 is 0.862 bits per heavy atom. The number of aromatic nitrogens is 3. The maximum Gasteiger partial charge on any atom is 0.0972 e. The SMILES string of the molecule is c1ccc(-c2c3ccccc3c(-c3ccc(-c4nc5ccccc5c5c4cnc4c5ccc5ccc(-c6ccc7ccccc7c6)nc54)cc3)c3ccccc23)cc1. The van der Waals surface area contributed by atoms with Gasteiger partial charge in [-0.25, -0.2) is 9.97 Å². The van der Waals surface area contributed by atoms with E-state index in [0.29, 0.717) is 0 Å². The van der Waals surface area contributed by atoms with Crippen molar-refractivity contribution in [2.75, 3.05) is 0 Å². The van der Waals surface area contributed by atoms with Gasteiger partial charge in [0.15, 0.2) is 0 Å². The highest BCUT2D eigenvalue weighted by molar-refractivity contribution is 6.25. The standard InChI is InChI=1S/C55H33N3/c1-2-13-35(14-3-1)50-41-16-6-8-18-43(41)51(44-19-9-7-17-42(44)50)36-23-25-37(26-24-36)53-47-33-56-55-46(52(47)45-20-10-11-21-49(45)58-53)30-28-38-29-31-48(57-54(38)55)40-27-22-34-12-4-5-15-39(34)32-40/h1-33H. The zero-order valence-electron chi connectivity index (χ0n) is 31.4. The summed E-state index contributed by atoms with van der Waals surface area (Å²) in [5.41, 5.74) is 11.6. The predicted molar refractivity (Wildman–Crippen MR) is 244 cm³/mol. The van der Waals surface area contributed by atoms with Gasteiger partial charge in [0.05, 0.1) is 27.9 Å². The fourth-order valence-electron chi connectivity index (χ4n) is 9.16. The molecule has 0 radical (unpaired) electrons. The second-order valence-corrected chi connectivity index (χ2v) is 15.1. The van der Waals surface area contributed by atoms with E-state index in [1.54, 1.807) is 0 Å². The number of benzene rings is 9. The number of para-hydroxylation sites is 1. The van der Waals surface area contributed by atoms with Crippen molar-refractivity contribution < 1.29 is 0 Å². The van der Waals surface area contributed by atoms with Crippen LogP contribution in [0.1, 0.15) is 0 Å². The number of hydrogen-bond acceptors (Lipinski definition) is 3. The molecule has 0 unspecified atom stereocenters. The summed E-state index contributed by atoms with van der Waals surface area (Å²) in [6.07, 6.45) is 2.01. The van der Waals surface area contributed by atoms with E-state index in [1.165, 1.54) is 54.6 Å². The van der Waals surface area contributed by atoms with Gasteiger partial charge in [-0.2, -0.15) is 0 Å². The first-order valence-corrected chi connectivity index (χ1v) is 19.8. The van der Waals surface area contributed by atoms with Crippen molar-refractivity contribution in [3.8, 4) is 44.8 Å². The van der Waals surface area contributed by atoms with Crippen molar-refractivity contribution in [2.24, 2.45) is 0 Å². The summed E-state index contributed by atoms with van der Waals surface area (Å²) in [5, 5.41) is 12.8. The average molecular weight is 736 g/mol. The number of hydrogen-bond donors (Lipinski definition) is 0. The van der Waals surface area contributed by atoms with E-state index in [-0.39, 0.29) is 0 Å². The molecule has 0 fully saturated rings. The maximum atomic E-state index is 5.31. The highest BCUT2D eigenvalue weighted by Gasteiger charge is 2.19. The summed E-state index contributed by atoms with van der Waals surface area (Å²) in [6, 6.07) is 69.5. The molecular weight excluding hydrogens is 703 g/mol. The molecule has 0 N–H and O–H groups in total. The molecule has 58 heavy (non-hydrogen) atoms. The Labute approximate surface area is 334 Å². The maximum absolute atomic E-state index is 5.31. The molecule has 0 aliphatic carbocycles. The Morgan fingerprint density at radius 1 is 0.310 bits per heavy atom. The van der Waals surface area contributed by atoms with Crippen LogP contribution in [-0.4, -0.2) is 15.0 Å². The van der Waals surface area contributed by atoms with Crippen LogP contribution in [0.2, 0.25) is 0 Å². The quantitative estimate of drug-likeness (QED) is 0.133. The van der Waals surface area contributed by atoms with Crippen LogP contribution in [0, 0.1) is 0 Å². The van der Waals surface area contributed by atoms with Crippen molar-refractivity contribution in [3.63, 3.8) is 0 Å². The van der Waals surface area contributed by atoms with Gasteiger partial charge in [-0.1, -0.05) is 176 Å². The van der Waals surface area contributed by atoms with Gasteiger partial charge in [0.2, 0.25) is 0 Å². The molecule has 3 nitrogen and oxygen atoms in total. The van der Waals surface area contributed by atoms with Gasteiger partial charge in [-0.05, 0) is 72.8 Å². The second-order valence-electron chi connectivity index (χ2n) is 15.1.